The number of carbonyl (C=O) groups excluding carboxylic acids is 2. The van der Waals surface area contributed by atoms with Gasteiger partial charge in [-0.2, -0.15) is 0 Å². The molecular weight excluding hydrogens is 316 g/mol. The highest BCUT2D eigenvalue weighted by Crippen LogP contribution is 2.61. The highest BCUT2D eigenvalue weighted by Gasteiger charge is 2.61. The summed E-state index contributed by atoms with van der Waals surface area (Å²) in [5.74, 6) is 1.24. The van der Waals surface area contributed by atoms with Gasteiger partial charge in [-0.1, -0.05) is 13.0 Å². The van der Waals surface area contributed by atoms with Crippen LogP contribution in [-0.4, -0.2) is 23.0 Å². The van der Waals surface area contributed by atoms with Crippen LogP contribution < -0.4 is 0 Å². The maximum atomic E-state index is 12.9. The second kappa shape index (κ2) is 5.86. The van der Waals surface area contributed by atoms with Crippen molar-refractivity contribution in [3.63, 3.8) is 0 Å². The molecule has 0 aliphatic heterocycles. The number of ketones is 1. The Morgan fingerprint density at radius 1 is 1.36 bits per heavy atom. The van der Waals surface area contributed by atoms with E-state index in [0.717, 1.165) is 32.1 Å². The number of rotatable bonds is 2. The summed E-state index contributed by atoms with van der Waals surface area (Å²) >= 11 is 0. The average Bonchev–Trinajstić information content (AvgIpc) is 2.86. The van der Waals surface area contributed by atoms with Crippen LogP contribution in [0.15, 0.2) is 18.2 Å². The summed E-state index contributed by atoms with van der Waals surface area (Å²) in [6.07, 6.45) is 4.75. The molecule has 5 atom stereocenters. The van der Waals surface area contributed by atoms with E-state index in [1.165, 1.54) is 18.1 Å². The van der Waals surface area contributed by atoms with Crippen molar-refractivity contribution in [1.82, 2.24) is 0 Å². The second-order valence-corrected chi connectivity index (χ2v) is 8.04. The molecule has 0 aromatic heterocycles. The number of hydrogen-bond donors (Lipinski definition) is 1. The Bertz CT molecular complexity index is 725. The first kappa shape index (κ1) is 16.6. The van der Waals surface area contributed by atoms with Crippen LogP contribution in [-0.2, 0) is 20.7 Å². The lowest BCUT2D eigenvalue weighted by atomic mass is 9.54. The third-order valence-corrected chi connectivity index (χ3v) is 7.08. The predicted molar refractivity (Wildman–Crippen MR) is 93.3 cm³/mol. The summed E-state index contributed by atoms with van der Waals surface area (Å²) in [7, 11) is 0. The summed E-state index contributed by atoms with van der Waals surface area (Å²) in [6.45, 7) is 3.55. The number of fused-ring (bicyclic) bond motifs is 5. The first-order chi connectivity index (χ1) is 12.0. The summed E-state index contributed by atoms with van der Waals surface area (Å²) < 4.78 is 5.63. The van der Waals surface area contributed by atoms with Crippen molar-refractivity contribution in [2.45, 2.75) is 64.4 Å². The van der Waals surface area contributed by atoms with E-state index >= 15 is 0 Å². The molecule has 2 fully saturated rings. The molecule has 1 unspecified atom stereocenters. The fourth-order valence-corrected chi connectivity index (χ4v) is 6.12. The third kappa shape index (κ3) is 2.41. The molecule has 0 bridgehead atoms. The van der Waals surface area contributed by atoms with Crippen molar-refractivity contribution in [1.29, 1.82) is 0 Å². The van der Waals surface area contributed by atoms with Crippen LogP contribution in [0, 0.1) is 17.3 Å². The van der Waals surface area contributed by atoms with E-state index in [4.69, 9.17) is 4.74 Å². The van der Waals surface area contributed by atoms with Crippen LogP contribution >= 0.6 is 0 Å². The first-order valence-corrected chi connectivity index (χ1v) is 9.48. The largest absolute Gasteiger partial charge is 0.508 e. The second-order valence-electron chi connectivity index (χ2n) is 8.04. The van der Waals surface area contributed by atoms with Crippen molar-refractivity contribution in [2.24, 2.45) is 17.3 Å². The number of ether oxygens (including phenoxy) is 1. The Labute approximate surface area is 148 Å². The van der Waals surface area contributed by atoms with E-state index in [0.29, 0.717) is 29.8 Å². The van der Waals surface area contributed by atoms with E-state index in [1.807, 2.05) is 6.07 Å². The minimum Gasteiger partial charge on any atom is -0.508 e. The quantitative estimate of drug-likeness (QED) is 0.832. The molecule has 1 aromatic carbocycles. The lowest BCUT2D eigenvalue weighted by molar-refractivity contribution is -0.152. The molecule has 0 saturated heterocycles. The number of phenols is 1. The summed E-state index contributed by atoms with van der Waals surface area (Å²) in [6, 6.07) is 5.71. The summed E-state index contributed by atoms with van der Waals surface area (Å²) in [5, 5.41) is 9.79. The number of Topliss-reactive ketones (excluding diaryl/α,β-unsaturated/α-hetero) is 1. The standard InChI is InChI=1S/C21H26O4/c1-3-21-9-8-16-15-7-5-14(23)10-13(15)4-6-17(16)20(21)18(11-19(21)24)25-12(2)22/h5,7,10,16-18,20,23H,3-4,6,8-9,11H2,1-2H3/t16-,17-,18?,20-,21-/m1/s1. The zero-order chi connectivity index (χ0) is 17.8. The SMILES string of the molecule is CC[C@]12CC[C@@H]3c4ccc(O)cc4CC[C@H]3[C@@H]1C(OC(C)=O)CC2=O. The van der Waals surface area contributed by atoms with Crippen molar-refractivity contribution in [2.75, 3.05) is 0 Å². The van der Waals surface area contributed by atoms with Crippen molar-refractivity contribution < 1.29 is 19.4 Å². The van der Waals surface area contributed by atoms with Crippen molar-refractivity contribution >= 4 is 11.8 Å². The molecule has 2 saturated carbocycles. The molecule has 3 aliphatic rings. The number of esters is 1. The fourth-order valence-electron chi connectivity index (χ4n) is 6.12. The van der Waals surface area contributed by atoms with Gasteiger partial charge in [-0.15, -0.1) is 0 Å². The molecule has 134 valence electrons. The average molecular weight is 342 g/mol. The molecule has 1 aromatic rings. The van der Waals surface area contributed by atoms with Gasteiger partial charge in [0.15, 0.2) is 0 Å². The van der Waals surface area contributed by atoms with Gasteiger partial charge in [-0.3, -0.25) is 9.59 Å². The Balaban J connectivity index is 1.74. The van der Waals surface area contributed by atoms with Gasteiger partial charge in [0, 0.05) is 24.7 Å². The highest BCUT2D eigenvalue weighted by atomic mass is 16.5. The van der Waals surface area contributed by atoms with Crippen LogP contribution in [0.4, 0.5) is 0 Å². The normalized spacial score (nSPS) is 36.3. The number of phenolic OH excluding ortho intramolecular Hbond substituents is 1. The van der Waals surface area contributed by atoms with Gasteiger partial charge in [0.1, 0.15) is 17.6 Å². The Hall–Kier alpha value is -1.84. The van der Waals surface area contributed by atoms with Crippen molar-refractivity contribution in [3.8, 4) is 5.75 Å². The highest BCUT2D eigenvalue weighted by molar-refractivity contribution is 5.89. The minimum absolute atomic E-state index is 0.134. The summed E-state index contributed by atoms with van der Waals surface area (Å²) in [5.41, 5.74) is 2.24. The van der Waals surface area contributed by atoms with Gasteiger partial charge in [-0.05, 0) is 67.2 Å². The number of hydrogen-bond acceptors (Lipinski definition) is 4. The van der Waals surface area contributed by atoms with Gasteiger partial charge < -0.3 is 9.84 Å². The zero-order valence-corrected chi connectivity index (χ0v) is 15.0. The molecule has 0 heterocycles. The molecule has 0 amide bonds. The monoisotopic (exact) mass is 342 g/mol. The zero-order valence-electron chi connectivity index (χ0n) is 15.0. The van der Waals surface area contributed by atoms with E-state index in [2.05, 4.69) is 13.0 Å². The maximum Gasteiger partial charge on any atom is 0.302 e. The Morgan fingerprint density at radius 2 is 2.16 bits per heavy atom. The maximum absolute atomic E-state index is 12.9. The predicted octanol–water partition coefficient (Wildman–Crippen LogP) is 3.75. The van der Waals surface area contributed by atoms with Crippen LogP contribution in [0.1, 0.15) is 63.0 Å². The molecule has 4 nitrogen and oxygen atoms in total. The number of aryl methyl sites for hydroxylation is 1. The van der Waals surface area contributed by atoms with Crippen LogP contribution in [0.5, 0.6) is 5.75 Å². The fraction of sp³-hybridized carbons (Fsp3) is 0.619. The molecule has 4 heteroatoms. The van der Waals surface area contributed by atoms with E-state index in [1.54, 1.807) is 6.07 Å². The first-order valence-electron chi connectivity index (χ1n) is 9.48. The Morgan fingerprint density at radius 3 is 2.88 bits per heavy atom. The van der Waals surface area contributed by atoms with Gasteiger partial charge in [0.2, 0.25) is 0 Å². The molecule has 25 heavy (non-hydrogen) atoms. The lowest BCUT2D eigenvalue weighted by Crippen LogP contribution is -2.47. The Kier molecular flexibility index (Phi) is 3.89. The topological polar surface area (TPSA) is 63.6 Å². The molecular formula is C21H26O4. The van der Waals surface area contributed by atoms with Gasteiger partial charge in [-0.25, -0.2) is 0 Å². The van der Waals surface area contributed by atoms with Gasteiger partial charge >= 0.3 is 5.97 Å². The van der Waals surface area contributed by atoms with Crippen molar-refractivity contribution in [3.05, 3.63) is 29.3 Å². The smallest absolute Gasteiger partial charge is 0.302 e. The van der Waals surface area contributed by atoms with Gasteiger partial charge in [0.05, 0.1) is 0 Å². The van der Waals surface area contributed by atoms with E-state index < -0.39 is 0 Å². The number of carbonyl (C=O) groups is 2. The molecule has 0 radical (unpaired) electrons. The summed E-state index contributed by atoms with van der Waals surface area (Å²) in [4.78, 5) is 24.5. The number of aromatic hydroxyl groups is 1. The van der Waals surface area contributed by atoms with Crippen LogP contribution in [0.3, 0.4) is 0 Å². The lowest BCUT2D eigenvalue weighted by Gasteiger charge is -2.50. The molecule has 0 spiro atoms. The van der Waals surface area contributed by atoms with E-state index in [-0.39, 0.29) is 23.4 Å². The van der Waals surface area contributed by atoms with Gasteiger partial charge in [0.25, 0.3) is 0 Å². The number of benzene rings is 1. The van der Waals surface area contributed by atoms with Crippen LogP contribution in [0.2, 0.25) is 0 Å². The van der Waals surface area contributed by atoms with Crippen LogP contribution in [0.25, 0.3) is 0 Å². The molecule has 3 aliphatic carbocycles. The minimum atomic E-state index is -0.310. The third-order valence-electron chi connectivity index (χ3n) is 7.08. The molecule has 4 rings (SSSR count). The molecule has 1 N–H and O–H groups in total. The van der Waals surface area contributed by atoms with E-state index in [9.17, 15) is 14.7 Å².